The second-order valence-electron chi connectivity index (χ2n) is 5.47. The third kappa shape index (κ3) is 3.19. The van der Waals surface area contributed by atoms with Crippen molar-refractivity contribution in [2.24, 2.45) is 0 Å². The number of hydrogen-bond acceptors (Lipinski definition) is 3. The molecular formula is C13H27NO2. The lowest BCUT2D eigenvalue weighted by molar-refractivity contribution is -0.112. The van der Waals surface area contributed by atoms with E-state index in [9.17, 15) is 5.11 Å². The van der Waals surface area contributed by atoms with Gasteiger partial charge in [0, 0.05) is 18.2 Å². The van der Waals surface area contributed by atoms with E-state index in [1.807, 2.05) is 0 Å². The summed E-state index contributed by atoms with van der Waals surface area (Å²) in [7, 11) is 0. The maximum atomic E-state index is 9.70. The van der Waals surface area contributed by atoms with Gasteiger partial charge in [-0.2, -0.15) is 0 Å². The van der Waals surface area contributed by atoms with Crippen LogP contribution in [0.15, 0.2) is 0 Å². The molecule has 0 saturated carbocycles. The predicted octanol–water partition coefficient (Wildman–Crippen LogP) is 2.08. The average molecular weight is 229 g/mol. The Bertz CT molecular complexity index is 222. The number of ether oxygens (including phenoxy) is 1. The van der Waals surface area contributed by atoms with Gasteiger partial charge < -0.3 is 15.2 Å². The van der Waals surface area contributed by atoms with Gasteiger partial charge in [0.2, 0.25) is 0 Å². The second-order valence-corrected chi connectivity index (χ2v) is 5.47. The van der Waals surface area contributed by atoms with E-state index < -0.39 is 0 Å². The van der Waals surface area contributed by atoms with Crippen LogP contribution in [0.1, 0.15) is 53.4 Å². The molecule has 0 aromatic heterocycles. The zero-order chi connectivity index (χ0) is 12.2. The molecule has 0 spiro atoms. The van der Waals surface area contributed by atoms with Crippen LogP contribution in [0.5, 0.6) is 0 Å². The van der Waals surface area contributed by atoms with Gasteiger partial charge in [0.15, 0.2) is 0 Å². The van der Waals surface area contributed by atoms with E-state index in [-0.39, 0.29) is 17.7 Å². The Morgan fingerprint density at radius 3 is 2.62 bits per heavy atom. The molecule has 1 fully saturated rings. The molecule has 3 unspecified atom stereocenters. The Morgan fingerprint density at radius 2 is 2.12 bits per heavy atom. The van der Waals surface area contributed by atoms with E-state index in [2.05, 4.69) is 33.0 Å². The van der Waals surface area contributed by atoms with Crippen LogP contribution in [0.4, 0.5) is 0 Å². The molecule has 0 amide bonds. The van der Waals surface area contributed by atoms with Crippen LogP contribution in [-0.2, 0) is 4.74 Å². The Labute approximate surface area is 99.6 Å². The lowest BCUT2D eigenvalue weighted by Crippen LogP contribution is -2.59. The zero-order valence-corrected chi connectivity index (χ0v) is 11.2. The van der Waals surface area contributed by atoms with Crippen molar-refractivity contribution >= 4 is 0 Å². The maximum Gasteiger partial charge on any atom is 0.0670 e. The third-order valence-electron chi connectivity index (χ3n) is 3.96. The fraction of sp³-hybridized carbons (Fsp3) is 1.00. The Hall–Kier alpha value is -0.120. The molecule has 96 valence electrons. The fourth-order valence-electron chi connectivity index (χ4n) is 2.50. The number of rotatable bonds is 5. The monoisotopic (exact) mass is 229 g/mol. The summed E-state index contributed by atoms with van der Waals surface area (Å²) in [5, 5.41) is 13.3. The number of aliphatic hydroxyl groups is 1. The Balaban J connectivity index is 2.71. The summed E-state index contributed by atoms with van der Waals surface area (Å²) in [6.07, 6.45) is 3.89. The van der Waals surface area contributed by atoms with Crippen molar-refractivity contribution in [3.63, 3.8) is 0 Å². The van der Waals surface area contributed by atoms with Crippen molar-refractivity contribution in [3.05, 3.63) is 0 Å². The topological polar surface area (TPSA) is 41.5 Å². The van der Waals surface area contributed by atoms with Gasteiger partial charge in [0.1, 0.15) is 0 Å². The molecule has 2 N–H and O–H groups in total. The molecule has 1 saturated heterocycles. The predicted molar refractivity (Wildman–Crippen MR) is 66.6 cm³/mol. The molecule has 0 radical (unpaired) electrons. The molecule has 0 aromatic rings. The van der Waals surface area contributed by atoms with Gasteiger partial charge in [0.05, 0.1) is 12.2 Å². The van der Waals surface area contributed by atoms with Gasteiger partial charge in [-0.1, -0.05) is 13.8 Å². The van der Waals surface area contributed by atoms with Gasteiger partial charge in [-0.15, -0.1) is 0 Å². The van der Waals surface area contributed by atoms with Crippen LogP contribution in [0.25, 0.3) is 0 Å². The summed E-state index contributed by atoms with van der Waals surface area (Å²) >= 11 is 0. The molecule has 1 aliphatic rings. The SMILES string of the molecule is CCC(C)NC1(CO)CCOC(C)(CC)C1. The molecule has 3 atom stereocenters. The highest BCUT2D eigenvalue weighted by Gasteiger charge is 2.42. The van der Waals surface area contributed by atoms with E-state index in [1.54, 1.807) is 0 Å². The first-order chi connectivity index (χ1) is 7.49. The van der Waals surface area contributed by atoms with Crippen LogP contribution in [0, 0.1) is 0 Å². The van der Waals surface area contributed by atoms with Crippen molar-refractivity contribution in [2.75, 3.05) is 13.2 Å². The lowest BCUT2D eigenvalue weighted by atomic mass is 9.79. The Morgan fingerprint density at radius 1 is 1.44 bits per heavy atom. The van der Waals surface area contributed by atoms with Gasteiger partial charge in [-0.25, -0.2) is 0 Å². The molecule has 16 heavy (non-hydrogen) atoms. The summed E-state index contributed by atoms with van der Waals surface area (Å²) in [6.45, 7) is 9.59. The third-order valence-corrected chi connectivity index (χ3v) is 3.96. The molecule has 1 aliphatic heterocycles. The molecule has 0 bridgehead atoms. The highest BCUT2D eigenvalue weighted by atomic mass is 16.5. The molecule has 3 nitrogen and oxygen atoms in total. The van der Waals surface area contributed by atoms with E-state index in [1.165, 1.54) is 0 Å². The zero-order valence-electron chi connectivity index (χ0n) is 11.2. The Kier molecular flexibility index (Phi) is 4.77. The van der Waals surface area contributed by atoms with Crippen LogP contribution >= 0.6 is 0 Å². The van der Waals surface area contributed by atoms with Crippen LogP contribution in [0.3, 0.4) is 0 Å². The van der Waals surface area contributed by atoms with E-state index in [4.69, 9.17) is 4.74 Å². The molecule has 1 heterocycles. The first-order valence-electron chi connectivity index (χ1n) is 6.52. The minimum atomic E-state index is -0.140. The van der Waals surface area contributed by atoms with Gasteiger partial charge in [0.25, 0.3) is 0 Å². The fourth-order valence-corrected chi connectivity index (χ4v) is 2.50. The minimum absolute atomic E-state index is 0.0819. The molecular weight excluding hydrogens is 202 g/mol. The van der Waals surface area contributed by atoms with Gasteiger partial charge in [-0.05, 0) is 39.5 Å². The lowest BCUT2D eigenvalue weighted by Gasteiger charge is -2.47. The van der Waals surface area contributed by atoms with E-state index in [0.29, 0.717) is 6.04 Å². The number of hydrogen-bond donors (Lipinski definition) is 2. The standard InChI is InChI=1S/C13H27NO2/c1-5-11(3)14-13(10-15)7-8-16-12(4,6-2)9-13/h11,14-15H,5-10H2,1-4H3. The smallest absolute Gasteiger partial charge is 0.0670 e. The maximum absolute atomic E-state index is 9.70. The van der Waals surface area contributed by atoms with Crippen LogP contribution in [-0.4, -0.2) is 35.5 Å². The van der Waals surface area contributed by atoms with Gasteiger partial charge in [-0.3, -0.25) is 0 Å². The first-order valence-corrected chi connectivity index (χ1v) is 6.52. The van der Waals surface area contributed by atoms with E-state index in [0.717, 1.165) is 32.3 Å². The first kappa shape index (κ1) is 13.9. The summed E-state index contributed by atoms with van der Waals surface area (Å²) < 4.78 is 5.84. The van der Waals surface area contributed by atoms with Crippen molar-refractivity contribution in [1.29, 1.82) is 0 Å². The van der Waals surface area contributed by atoms with Crippen LogP contribution in [0.2, 0.25) is 0 Å². The number of aliphatic hydroxyl groups excluding tert-OH is 1. The average Bonchev–Trinajstić information content (AvgIpc) is 2.29. The quantitative estimate of drug-likeness (QED) is 0.758. The molecule has 3 heteroatoms. The normalized spacial score (nSPS) is 37.3. The van der Waals surface area contributed by atoms with Crippen molar-refractivity contribution in [3.8, 4) is 0 Å². The summed E-state index contributed by atoms with van der Waals surface area (Å²) in [5.41, 5.74) is -0.222. The largest absolute Gasteiger partial charge is 0.394 e. The summed E-state index contributed by atoms with van der Waals surface area (Å²) in [6, 6.07) is 0.450. The summed E-state index contributed by atoms with van der Waals surface area (Å²) in [4.78, 5) is 0. The van der Waals surface area contributed by atoms with Crippen LogP contribution < -0.4 is 5.32 Å². The molecule has 1 rings (SSSR count). The highest BCUT2D eigenvalue weighted by Crippen LogP contribution is 2.34. The number of nitrogens with one attached hydrogen (secondary N) is 1. The molecule has 0 aliphatic carbocycles. The highest BCUT2D eigenvalue weighted by molar-refractivity contribution is 4.98. The van der Waals surface area contributed by atoms with Crippen molar-refractivity contribution < 1.29 is 9.84 Å². The van der Waals surface area contributed by atoms with Crippen molar-refractivity contribution in [1.82, 2.24) is 5.32 Å². The molecule has 0 aromatic carbocycles. The summed E-state index contributed by atoms with van der Waals surface area (Å²) in [5.74, 6) is 0. The minimum Gasteiger partial charge on any atom is -0.394 e. The van der Waals surface area contributed by atoms with Crippen molar-refractivity contribution in [2.45, 2.75) is 70.6 Å². The second kappa shape index (κ2) is 5.48. The van der Waals surface area contributed by atoms with E-state index >= 15 is 0 Å². The van der Waals surface area contributed by atoms with Gasteiger partial charge >= 0.3 is 0 Å².